The molecule has 2 nitrogen and oxygen atoms in total. The summed E-state index contributed by atoms with van der Waals surface area (Å²) in [6, 6.07) is 5.66. The first-order chi connectivity index (χ1) is 7.15. The van der Waals surface area contributed by atoms with Gasteiger partial charge in [-0.05, 0) is 31.0 Å². The van der Waals surface area contributed by atoms with Crippen molar-refractivity contribution in [2.75, 3.05) is 12.4 Å². The zero-order valence-electron chi connectivity index (χ0n) is 8.52. The number of carbonyl (C=O) groups excluding carboxylic acids is 1. The lowest BCUT2D eigenvalue weighted by atomic mass is 10.1. The third kappa shape index (κ3) is 3.84. The van der Waals surface area contributed by atoms with Crippen LogP contribution in [0.25, 0.3) is 0 Å². The van der Waals surface area contributed by atoms with Crippen LogP contribution in [-0.4, -0.2) is 18.3 Å². The summed E-state index contributed by atoms with van der Waals surface area (Å²) in [6.45, 7) is 2.54. The highest BCUT2D eigenvalue weighted by Crippen LogP contribution is 2.15. The van der Waals surface area contributed by atoms with E-state index in [9.17, 15) is 4.79 Å². The van der Waals surface area contributed by atoms with Crippen molar-refractivity contribution < 1.29 is 4.79 Å². The first kappa shape index (κ1) is 12.5. The van der Waals surface area contributed by atoms with Crippen LogP contribution in [0.3, 0.4) is 0 Å². The molecule has 1 aromatic carbocycles. The molecular formula is C11H13BrClNO. The molecule has 0 fully saturated rings. The molecule has 0 bridgehead atoms. The summed E-state index contributed by atoms with van der Waals surface area (Å²) >= 11 is 8.87. The van der Waals surface area contributed by atoms with Crippen molar-refractivity contribution in [3.63, 3.8) is 0 Å². The molecule has 0 heterocycles. The van der Waals surface area contributed by atoms with Crippen LogP contribution in [0.2, 0.25) is 0 Å². The van der Waals surface area contributed by atoms with Crippen LogP contribution in [-0.2, 0) is 0 Å². The van der Waals surface area contributed by atoms with Crippen LogP contribution in [0, 0.1) is 6.92 Å². The van der Waals surface area contributed by atoms with Gasteiger partial charge in [-0.1, -0.05) is 22.0 Å². The topological polar surface area (TPSA) is 29.1 Å². The molecule has 82 valence electrons. The number of benzene rings is 1. The summed E-state index contributed by atoms with van der Waals surface area (Å²) in [6.07, 6.45) is 0.792. The Morgan fingerprint density at radius 2 is 2.27 bits per heavy atom. The summed E-state index contributed by atoms with van der Waals surface area (Å²) in [7, 11) is 0. The number of rotatable bonds is 4. The van der Waals surface area contributed by atoms with Crippen molar-refractivity contribution in [2.45, 2.75) is 13.3 Å². The molecule has 0 aliphatic rings. The second-order valence-electron chi connectivity index (χ2n) is 3.26. The molecule has 15 heavy (non-hydrogen) atoms. The van der Waals surface area contributed by atoms with Gasteiger partial charge in [-0.2, -0.15) is 0 Å². The Labute approximate surface area is 103 Å². The van der Waals surface area contributed by atoms with E-state index in [1.165, 1.54) is 0 Å². The molecule has 1 rings (SSSR count). The number of alkyl halides is 1. The lowest BCUT2D eigenvalue weighted by molar-refractivity contribution is 0.0953. The van der Waals surface area contributed by atoms with Crippen LogP contribution in [0.4, 0.5) is 0 Å². The minimum absolute atomic E-state index is 0.0427. The molecule has 1 aromatic rings. The van der Waals surface area contributed by atoms with E-state index in [4.69, 9.17) is 11.6 Å². The monoisotopic (exact) mass is 289 g/mol. The Balaban J connectivity index is 2.68. The molecule has 4 heteroatoms. The third-order valence-corrected chi connectivity index (χ3v) is 2.80. The smallest absolute Gasteiger partial charge is 0.251 e. The quantitative estimate of drug-likeness (QED) is 0.670. The van der Waals surface area contributed by atoms with E-state index in [0.717, 1.165) is 16.5 Å². The normalized spacial score (nSPS) is 10.1. The highest BCUT2D eigenvalue weighted by molar-refractivity contribution is 9.10. The largest absolute Gasteiger partial charge is 0.352 e. The lowest BCUT2D eigenvalue weighted by Crippen LogP contribution is -2.25. The molecule has 0 radical (unpaired) electrons. The first-order valence-corrected chi connectivity index (χ1v) is 6.08. The first-order valence-electron chi connectivity index (χ1n) is 4.75. The van der Waals surface area contributed by atoms with Crippen molar-refractivity contribution in [1.29, 1.82) is 0 Å². The maximum Gasteiger partial charge on any atom is 0.251 e. The summed E-state index contributed by atoms with van der Waals surface area (Å²) in [5.41, 5.74) is 1.68. The van der Waals surface area contributed by atoms with Crippen molar-refractivity contribution >= 4 is 33.4 Å². The van der Waals surface area contributed by atoms with E-state index in [2.05, 4.69) is 21.2 Å². The molecule has 0 aromatic heterocycles. The number of nitrogens with one attached hydrogen (secondary N) is 1. The minimum Gasteiger partial charge on any atom is -0.352 e. The number of halogens is 2. The summed E-state index contributed by atoms with van der Waals surface area (Å²) in [4.78, 5) is 11.7. The van der Waals surface area contributed by atoms with Gasteiger partial charge in [0, 0.05) is 22.5 Å². The van der Waals surface area contributed by atoms with E-state index in [0.29, 0.717) is 18.0 Å². The Kier molecular flexibility index (Phi) is 5.12. The highest BCUT2D eigenvalue weighted by Gasteiger charge is 2.08. The van der Waals surface area contributed by atoms with Crippen molar-refractivity contribution in [3.8, 4) is 0 Å². The van der Waals surface area contributed by atoms with E-state index in [1.807, 2.05) is 25.1 Å². The van der Waals surface area contributed by atoms with E-state index < -0.39 is 0 Å². The molecule has 0 aliphatic heterocycles. The number of hydrogen-bond donors (Lipinski definition) is 1. The van der Waals surface area contributed by atoms with Crippen LogP contribution in [0.15, 0.2) is 22.7 Å². The van der Waals surface area contributed by atoms with Crippen molar-refractivity contribution in [3.05, 3.63) is 33.8 Å². The maximum atomic E-state index is 11.7. The van der Waals surface area contributed by atoms with Gasteiger partial charge in [0.15, 0.2) is 0 Å². The standard InChI is InChI=1S/C11H13BrClNO/c1-8-3-4-9(12)7-10(8)11(15)14-6-2-5-13/h3-4,7H,2,5-6H2,1H3,(H,14,15). The number of amides is 1. The van der Waals surface area contributed by atoms with Crippen LogP contribution < -0.4 is 5.32 Å². The van der Waals surface area contributed by atoms with Crippen molar-refractivity contribution in [1.82, 2.24) is 5.32 Å². The molecular weight excluding hydrogens is 277 g/mol. The fraction of sp³-hybridized carbons (Fsp3) is 0.364. The zero-order chi connectivity index (χ0) is 11.3. The molecule has 0 spiro atoms. The number of hydrogen-bond acceptors (Lipinski definition) is 1. The number of aryl methyl sites for hydroxylation is 1. The van der Waals surface area contributed by atoms with Gasteiger partial charge in [0.2, 0.25) is 0 Å². The van der Waals surface area contributed by atoms with Crippen LogP contribution >= 0.6 is 27.5 Å². The van der Waals surface area contributed by atoms with Gasteiger partial charge in [-0.3, -0.25) is 4.79 Å². The van der Waals surface area contributed by atoms with Gasteiger partial charge in [0.1, 0.15) is 0 Å². The second-order valence-corrected chi connectivity index (χ2v) is 4.55. The maximum absolute atomic E-state index is 11.7. The molecule has 1 N–H and O–H groups in total. The number of carbonyl (C=O) groups is 1. The van der Waals surface area contributed by atoms with Gasteiger partial charge in [0.25, 0.3) is 5.91 Å². The average Bonchev–Trinajstić information content (AvgIpc) is 2.22. The van der Waals surface area contributed by atoms with Crippen LogP contribution in [0.5, 0.6) is 0 Å². The fourth-order valence-corrected chi connectivity index (χ4v) is 1.70. The third-order valence-electron chi connectivity index (χ3n) is 2.04. The van der Waals surface area contributed by atoms with Gasteiger partial charge in [0.05, 0.1) is 0 Å². The van der Waals surface area contributed by atoms with E-state index in [1.54, 1.807) is 0 Å². The van der Waals surface area contributed by atoms with Gasteiger partial charge in [-0.25, -0.2) is 0 Å². The summed E-state index contributed by atoms with van der Waals surface area (Å²) < 4.78 is 0.913. The van der Waals surface area contributed by atoms with E-state index >= 15 is 0 Å². The summed E-state index contributed by atoms with van der Waals surface area (Å²) in [5, 5.41) is 2.82. The highest BCUT2D eigenvalue weighted by atomic mass is 79.9. The predicted molar refractivity (Wildman–Crippen MR) is 66.5 cm³/mol. The Morgan fingerprint density at radius 1 is 1.53 bits per heavy atom. The average molecular weight is 291 g/mol. The molecule has 0 atom stereocenters. The SMILES string of the molecule is Cc1ccc(Br)cc1C(=O)NCCCCl. The summed E-state index contributed by atoms with van der Waals surface area (Å²) in [5.74, 6) is 0.525. The predicted octanol–water partition coefficient (Wildman–Crippen LogP) is 3.12. The second kappa shape index (κ2) is 6.13. The Bertz CT molecular complexity index is 354. The molecule has 0 saturated carbocycles. The Morgan fingerprint density at radius 3 is 2.93 bits per heavy atom. The zero-order valence-corrected chi connectivity index (χ0v) is 10.9. The molecule has 0 unspecified atom stereocenters. The van der Waals surface area contributed by atoms with Crippen molar-refractivity contribution in [2.24, 2.45) is 0 Å². The molecule has 1 amide bonds. The van der Waals surface area contributed by atoms with Crippen LogP contribution in [0.1, 0.15) is 22.3 Å². The fourth-order valence-electron chi connectivity index (χ4n) is 1.20. The van der Waals surface area contributed by atoms with E-state index in [-0.39, 0.29) is 5.91 Å². The molecule has 0 saturated heterocycles. The molecule has 0 aliphatic carbocycles. The Hall–Kier alpha value is -0.540. The minimum atomic E-state index is -0.0427. The van der Waals surface area contributed by atoms with Gasteiger partial charge >= 0.3 is 0 Å². The van der Waals surface area contributed by atoms with Gasteiger partial charge < -0.3 is 5.32 Å². The van der Waals surface area contributed by atoms with Gasteiger partial charge in [-0.15, -0.1) is 11.6 Å². The lowest BCUT2D eigenvalue weighted by Gasteiger charge is -2.07.